The molecule has 0 atom stereocenters. The Bertz CT molecular complexity index is 461. The van der Waals surface area contributed by atoms with Crippen LogP contribution in [0.25, 0.3) is 10.8 Å². The summed E-state index contributed by atoms with van der Waals surface area (Å²) in [5, 5.41) is 3.63. The van der Waals surface area contributed by atoms with E-state index in [2.05, 4.69) is 0 Å². The van der Waals surface area contributed by atoms with Crippen molar-refractivity contribution in [3.63, 3.8) is 0 Å². The first-order valence-corrected chi connectivity index (χ1v) is 4.79. The first kappa shape index (κ1) is 8.86. The van der Waals surface area contributed by atoms with Crippen molar-refractivity contribution in [3.05, 3.63) is 45.9 Å². The lowest BCUT2D eigenvalue weighted by atomic mass is 10.1. The Morgan fingerprint density at radius 3 is 2.23 bits per heavy atom. The lowest BCUT2D eigenvalue weighted by molar-refractivity contribution is 1.53. The zero-order valence-corrected chi connectivity index (χ0v) is 8.65. The molecule has 0 saturated heterocycles. The van der Waals surface area contributed by atoms with Crippen molar-refractivity contribution in [3.8, 4) is 0 Å². The maximum atomic E-state index is 6.05. The van der Waals surface area contributed by atoms with Crippen LogP contribution in [0.2, 0.25) is 10.0 Å². The summed E-state index contributed by atoms with van der Waals surface area (Å²) in [6, 6.07) is 9.79. The summed E-state index contributed by atoms with van der Waals surface area (Å²) in [5.74, 6) is 0. The molecule has 0 N–H and O–H groups in total. The lowest BCUT2D eigenvalue weighted by Crippen LogP contribution is -1.81. The van der Waals surface area contributed by atoms with Gasteiger partial charge in [-0.1, -0.05) is 47.5 Å². The van der Waals surface area contributed by atoms with Gasteiger partial charge >= 0.3 is 0 Å². The molecule has 0 spiro atoms. The fourth-order valence-electron chi connectivity index (χ4n) is 1.44. The Morgan fingerprint density at radius 1 is 0.923 bits per heavy atom. The van der Waals surface area contributed by atoms with Crippen LogP contribution in [0.5, 0.6) is 0 Å². The molecule has 0 fully saturated rings. The second-order valence-corrected chi connectivity index (χ2v) is 3.83. The molecule has 0 heterocycles. The Labute approximate surface area is 87.1 Å². The molecule has 2 rings (SSSR count). The number of fused-ring (bicyclic) bond motifs is 1. The highest BCUT2D eigenvalue weighted by atomic mass is 35.5. The zero-order chi connectivity index (χ0) is 9.42. The molecule has 13 heavy (non-hydrogen) atoms. The number of hydrogen-bond acceptors (Lipinski definition) is 0. The summed E-state index contributed by atoms with van der Waals surface area (Å²) in [7, 11) is 0. The van der Waals surface area contributed by atoms with Gasteiger partial charge in [-0.2, -0.15) is 0 Å². The number of hydrogen-bond donors (Lipinski definition) is 0. The maximum absolute atomic E-state index is 6.05. The van der Waals surface area contributed by atoms with Crippen molar-refractivity contribution in [2.75, 3.05) is 0 Å². The molecule has 0 bridgehead atoms. The monoisotopic (exact) mass is 210 g/mol. The topological polar surface area (TPSA) is 0 Å². The highest BCUT2D eigenvalue weighted by Gasteiger charge is 2.04. The summed E-state index contributed by atoms with van der Waals surface area (Å²) in [6.07, 6.45) is 0. The van der Waals surface area contributed by atoms with Gasteiger partial charge in [0.25, 0.3) is 0 Å². The molecule has 0 aliphatic rings. The molecule has 0 aliphatic heterocycles. The van der Waals surface area contributed by atoms with Crippen LogP contribution in [0.4, 0.5) is 0 Å². The van der Waals surface area contributed by atoms with Gasteiger partial charge in [-0.15, -0.1) is 0 Å². The van der Waals surface area contributed by atoms with Crippen LogP contribution >= 0.6 is 23.2 Å². The molecule has 2 aromatic carbocycles. The third-order valence-corrected chi connectivity index (χ3v) is 2.91. The summed E-state index contributed by atoms with van der Waals surface area (Å²) in [4.78, 5) is 0. The molecule has 0 aromatic heterocycles. The Balaban J connectivity index is 2.97. The number of aryl methyl sites for hydroxylation is 1. The van der Waals surface area contributed by atoms with Crippen molar-refractivity contribution in [2.45, 2.75) is 6.92 Å². The Kier molecular flexibility index (Phi) is 2.19. The van der Waals surface area contributed by atoms with E-state index in [1.807, 2.05) is 31.2 Å². The van der Waals surface area contributed by atoms with Crippen molar-refractivity contribution < 1.29 is 0 Å². The molecular formula is C11H8Cl2. The fourth-order valence-corrected chi connectivity index (χ4v) is 1.98. The van der Waals surface area contributed by atoms with Crippen molar-refractivity contribution in [1.82, 2.24) is 0 Å². The first-order chi connectivity index (χ1) is 6.20. The average Bonchev–Trinajstić information content (AvgIpc) is 2.15. The standard InChI is InChI=1S/C11H8Cl2/c1-7-8-4-2-3-5-9(8)11(13)6-10(7)12/h2-6H,1H3. The van der Waals surface area contributed by atoms with Gasteiger partial charge in [0.05, 0.1) is 0 Å². The number of halogens is 2. The van der Waals surface area contributed by atoms with Crippen LogP contribution in [0.15, 0.2) is 30.3 Å². The van der Waals surface area contributed by atoms with Gasteiger partial charge in [-0.25, -0.2) is 0 Å². The van der Waals surface area contributed by atoms with E-state index in [4.69, 9.17) is 23.2 Å². The molecule has 0 aliphatic carbocycles. The minimum Gasteiger partial charge on any atom is -0.0840 e. The van der Waals surface area contributed by atoms with Crippen LogP contribution in [-0.2, 0) is 0 Å². The van der Waals surface area contributed by atoms with Crippen LogP contribution in [0.3, 0.4) is 0 Å². The van der Waals surface area contributed by atoms with Gasteiger partial charge in [0.2, 0.25) is 0 Å². The molecule has 2 heteroatoms. The Hall–Kier alpha value is -0.720. The molecule has 0 amide bonds. The van der Waals surface area contributed by atoms with E-state index in [1.165, 1.54) is 0 Å². The molecular weight excluding hydrogens is 203 g/mol. The third kappa shape index (κ3) is 1.41. The van der Waals surface area contributed by atoms with E-state index < -0.39 is 0 Å². The number of benzene rings is 2. The maximum Gasteiger partial charge on any atom is 0.0499 e. The van der Waals surface area contributed by atoms with E-state index in [0.717, 1.165) is 21.4 Å². The van der Waals surface area contributed by atoms with Crippen molar-refractivity contribution >= 4 is 34.0 Å². The van der Waals surface area contributed by atoms with Crippen LogP contribution in [0.1, 0.15) is 5.56 Å². The van der Waals surface area contributed by atoms with E-state index in [-0.39, 0.29) is 0 Å². The number of rotatable bonds is 0. The van der Waals surface area contributed by atoms with E-state index in [9.17, 15) is 0 Å². The van der Waals surface area contributed by atoms with E-state index >= 15 is 0 Å². The predicted octanol–water partition coefficient (Wildman–Crippen LogP) is 4.46. The SMILES string of the molecule is Cc1c(Cl)cc(Cl)c2ccccc12. The molecule has 0 unspecified atom stereocenters. The molecule has 0 radical (unpaired) electrons. The summed E-state index contributed by atoms with van der Waals surface area (Å²) < 4.78 is 0. The first-order valence-electron chi connectivity index (χ1n) is 4.03. The van der Waals surface area contributed by atoms with Gasteiger partial charge in [0.1, 0.15) is 0 Å². The summed E-state index contributed by atoms with van der Waals surface area (Å²) in [6.45, 7) is 2.00. The van der Waals surface area contributed by atoms with E-state index in [0.29, 0.717) is 5.02 Å². The van der Waals surface area contributed by atoms with Gasteiger partial charge in [0, 0.05) is 15.4 Å². The highest BCUT2D eigenvalue weighted by molar-refractivity contribution is 6.39. The largest absolute Gasteiger partial charge is 0.0840 e. The normalized spacial score (nSPS) is 10.7. The minimum atomic E-state index is 0.714. The van der Waals surface area contributed by atoms with Gasteiger partial charge in [-0.05, 0) is 23.9 Å². The van der Waals surface area contributed by atoms with Crippen LogP contribution in [0, 0.1) is 6.92 Å². The zero-order valence-electron chi connectivity index (χ0n) is 7.14. The van der Waals surface area contributed by atoms with Crippen molar-refractivity contribution in [1.29, 1.82) is 0 Å². The second-order valence-electron chi connectivity index (χ2n) is 3.01. The van der Waals surface area contributed by atoms with Gasteiger partial charge in [0.15, 0.2) is 0 Å². The Morgan fingerprint density at radius 2 is 1.54 bits per heavy atom. The van der Waals surface area contributed by atoms with Crippen LogP contribution < -0.4 is 0 Å². The second kappa shape index (κ2) is 3.21. The third-order valence-electron chi connectivity index (χ3n) is 2.20. The van der Waals surface area contributed by atoms with E-state index in [1.54, 1.807) is 6.07 Å². The minimum absolute atomic E-state index is 0.714. The molecule has 2 aromatic rings. The van der Waals surface area contributed by atoms with Gasteiger partial charge < -0.3 is 0 Å². The lowest BCUT2D eigenvalue weighted by Gasteiger charge is -2.05. The quantitative estimate of drug-likeness (QED) is 0.603. The highest BCUT2D eigenvalue weighted by Crippen LogP contribution is 2.31. The molecule has 0 saturated carbocycles. The summed E-state index contributed by atoms with van der Waals surface area (Å²) >= 11 is 12.1. The van der Waals surface area contributed by atoms with Crippen molar-refractivity contribution in [2.24, 2.45) is 0 Å². The smallest absolute Gasteiger partial charge is 0.0499 e. The molecule has 0 nitrogen and oxygen atoms in total. The van der Waals surface area contributed by atoms with Crippen LogP contribution in [-0.4, -0.2) is 0 Å². The van der Waals surface area contributed by atoms with Gasteiger partial charge in [-0.3, -0.25) is 0 Å². The summed E-state index contributed by atoms with van der Waals surface area (Å²) in [5.41, 5.74) is 1.08. The predicted molar refractivity (Wildman–Crippen MR) is 58.7 cm³/mol. The molecule has 66 valence electrons. The average molecular weight is 211 g/mol. The fraction of sp³-hybridized carbons (Fsp3) is 0.0909.